The van der Waals surface area contributed by atoms with E-state index in [9.17, 15) is 9.90 Å². The summed E-state index contributed by atoms with van der Waals surface area (Å²) in [5.74, 6) is 0.0959. The molecule has 0 heterocycles. The maximum absolute atomic E-state index is 12.5. The van der Waals surface area contributed by atoms with E-state index in [0.29, 0.717) is 6.54 Å². The summed E-state index contributed by atoms with van der Waals surface area (Å²) in [6.45, 7) is 2.44. The van der Waals surface area contributed by atoms with Crippen LogP contribution in [0.4, 0.5) is 5.69 Å². The third-order valence-electron chi connectivity index (χ3n) is 4.90. The lowest BCUT2D eigenvalue weighted by molar-refractivity contribution is -0.154. The summed E-state index contributed by atoms with van der Waals surface area (Å²) in [6, 6.07) is 26.4. The summed E-state index contributed by atoms with van der Waals surface area (Å²) >= 11 is 0. The molecule has 0 bridgehead atoms. The van der Waals surface area contributed by atoms with Crippen molar-refractivity contribution in [1.29, 1.82) is 0 Å². The van der Waals surface area contributed by atoms with Crippen molar-refractivity contribution < 1.29 is 19.4 Å². The predicted octanol–water partition coefficient (Wildman–Crippen LogP) is 4.37. The van der Waals surface area contributed by atoms with E-state index in [4.69, 9.17) is 9.47 Å². The fraction of sp³-hybridized carbons (Fsp3) is 0.240. The fourth-order valence-electron chi connectivity index (χ4n) is 3.44. The highest BCUT2D eigenvalue weighted by molar-refractivity contribution is 5.76. The number of carbonyl (C=O) groups excluding carboxylic acids is 1. The van der Waals surface area contributed by atoms with Crippen molar-refractivity contribution in [3.63, 3.8) is 0 Å². The standard InChI is InChI=1S/C25H27NO4/c1-3-30-25(28)24(27)23(20-12-8-5-9-13-20)26(18-19-10-6-4-7-11-19)21-14-16-22(29-2)17-15-21/h4-17,23-24,27H,3,18H2,1-2H3/t23-,24+/m1/s1. The Morgan fingerprint density at radius 3 is 2.10 bits per heavy atom. The Balaban J connectivity index is 2.07. The van der Waals surface area contributed by atoms with Gasteiger partial charge in [0.1, 0.15) is 5.75 Å². The molecule has 0 aromatic heterocycles. The van der Waals surface area contributed by atoms with Crippen LogP contribution in [0.3, 0.4) is 0 Å². The van der Waals surface area contributed by atoms with E-state index in [0.717, 1.165) is 22.6 Å². The minimum absolute atomic E-state index is 0.207. The molecule has 5 nitrogen and oxygen atoms in total. The van der Waals surface area contributed by atoms with Crippen molar-refractivity contribution in [2.75, 3.05) is 18.6 Å². The zero-order valence-corrected chi connectivity index (χ0v) is 17.3. The van der Waals surface area contributed by atoms with Crippen LogP contribution < -0.4 is 9.64 Å². The second kappa shape index (κ2) is 10.5. The van der Waals surface area contributed by atoms with Gasteiger partial charge in [0.25, 0.3) is 0 Å². The number of nitrogens with zero attached hydrogens (tertiary/aromatic N) is 1. The number of hydrogen-bond donors (Lipinski definition) is 1. The van der Waals surface area contributed by atoms with Crippen LogP contribution >= 0.6 is 0 Å². The first-order valence-corrected chi connectivity index (χ1v) is 9.98. The lowest BCUT2D eigenvalue weighted by Gasteiger charge is -2.36. The number of methoxy groups -OCH3 is 1. The SMILES string of the molecule is CCOC(=O)[C@@H](O)[C@@H](c1ccccc1)N(Cc1ccccc1)c1ccc(OC)cc1. The van der Waals surface area contributed by atoms with Gasteiger partial charge < -0.3 is 19.5 Å². The highest BCUT2D eigenvalue weighted by Gasteiger charge is 2.34. The van der Waals surface area contributed by atoms with E-state index in [1.165, 1.54) is 0 Å². The molecule has 1 N–H and O–H groups in total. The number of aliphatic hydroxyl groups is 1. The zero-order chi connectivity index (χ0) is 21.3. The summed E-state index contributed by atoms with van der Waals surface area (Å²) in [7, 11) is 1.62. The Morgan fingerprint density at radius 2 is 1.53 bits per heavy atom. The number of ether oxygens (including phenoxy) is 2. The predicted molar refractivity (Wildman–Crippen MR) is 117 cm³/mol. The van der Waals surface area contributed by atoms with Crippen LogP contribution in [0.1, 0.15) is 24.1 Å². The van der Waals surface area contributed by atoms with Gasteiger partial charge in [-0.3, -0.25) is 0 Å². The van der Waals surface area contributed by atoms with Crippen LogP contribution in [0.15, 0.2) is 84.9 Å². The molecule has 0 amide bonds. The quantitative estimate of drug-likeness (QED) is 0.536. The fourth-order valence-corrected chi connectivity index (χ4v) is 3.44. The van der Waals surface area contributed by atoms with Crippen molar-refractivity contribution in [2.24, 2.45) is 0 Å². The first-order chi connectivity index (χ1) is 14.6. The van der Waals surface area contributed by atoms with E-state index in [1.54, 1.807) is 14.0 Å². The van der Waals surface area contributed by atoms with Crippen molar-refractivity contribution in [1.82, 2.24) is 0 Å². The molecule has 0 unspecified atom stereocenters. The van der Waals surface area contributed by atoms with Crippen molar-refractivity contribution in [3.05, 3.63) is 96.1 Å². The molecule has 2 atom stereocenters. The van der Waals surface area contributed by atoms with Crippen LogP contribution in [-0.4, -0.2) is 30.9 Å². The summed E-state index contributed by atoms with van der Waals surface area (Å²) in [6.07, 6.45) is -1.35. The number of carbonyl (C=O) groups is 1. The van der Waals surface area contributed by atoms with Crippen LogP contribution in [0.5, 0.6) is 5.75 Å². The number of benzene rings is 3. The number of aliphatic hydroxyl groups excluding tert-OH is 1. The van der Waals surface area contributed by atoms with Gasteiger partial charge in [0.2, 0.25) is 0 Å². The number of rotatable bonds is 9. The average Bonchev–Trinajstić information content (AvgIpc) is 2.80. The molecule has 0 spiro atoms. The molecule has 30 heavy (non-hydrogen) atoms. The third kappa shape index (κ3) is 5.19. The summed E-state index contributed by atoms with van der Waals surface area (Å²) in [5.41, 5.74) is 2.74. The molecule has 156 valence electrons. The van der Waals surface area contributed by atoms with Gasteiger partial charge >= 0.3 is 5.97 Å². The summed E-state index contributed by atoms with van der Waals surface area (Å²) < 4.78 is 10.4. The molecule has 3 rings (SSSR count). The van der Waals surface area contributed by atoms with Crippen LogP contribution in [0, 0.1) is 0 Å². The normalized spacial score (nSPS) is 12.6. The molecule has 0 fully saturated rings. The third-order valence-corrected chi connectivity index (χ3v) is 4.90. The number of hydrogen-bond acceptors (Lipinski definition) is 5. The highest BCUT2D eigenvalue weighted by Crippen LogP contribution is 2.33. The van der Waals surface area contributed by atoms with Gasteiger partial charge in [-0.2, -0.15) is 0 Å². The highest BCUT2D eigenvalue weighted by atomic mass is 16.5. The molecule has 0 radical (unpaired) electrons. The summed E-state index contributed by atoms with van der Waals surface area (Å²) in [5, 5.41) is 11.0. The van der Waals surface area contributed by atoms with E-state index >= 15 is 0 Å². The van der Waals surface area contributed by atoms with E-state index in [-0.39, 0.29) is 6.61 Å². The largest absolute Gasteiger partial charge is 0.497 e. The Kier molecular flexibility index (Phi) is 7.46. The Bertz CT molecular complexity index is 913. The first kappa shape index (κ1) is 21.4. The average molecular weight is 405 g/mol. The Labute approximate surface area is 177 Å². The van der Waals surface area contributed by atoms with Crippen LogP contribution in [0.2, 0.25) is 0 Å². The van der Waals surface area contributed by atoms with Gasteiger partial charge in [-0.05, 0) is 42.3 Å². The number of esters is 1. The van der Waals surface area contributed by atoms with Crippen molar-refractivity contribution in [3.8, 4) is 5.75 Å². The van der Waals surface area contributed by atoms with E-state index < -0.39 is 18.1 Å². The van der Waals surface area contributed by atoms with Gasteiger partial charge in [0.15, 0.2) is 6.10 Å². The van der Waals surface area contributed by atoms with Crippen LogP contribution in [-0.2, 0) is 16.1 Å². The van der Waals surface area contributed by atoms with E-state index in [1.807, 2.05) is 89.8 Å². The Morgan fingerprint density at radius 1 is 0.933 bits per heavy atom. The topological polar surface area (TPSA) is 59.0 Å². The van der Waals surface area contributed by atoms with Gasteiger partial charge in [-0.25, -0.2) is 4.79 Å². The van der Waals surface area contributed by atoms with Gasteiger partial charge in [-0.1, -0.05) is 60.7 Å². The molecular formula is C25H27NO4. The minimum Gasteiger partial charge on any atom is -0.497 e. The lowest BCUT2D eigenvalue weighted by atomic mass is 9.97. The molecule has 0 aliphatic rings. The molecular weight excluding hydrogens is 378 g/mol. The molecule has 0 aliphatic carbocycles. The maximum atomic E-state index is 12.5. The second-order valence-corrected chi connectivity index (χ2v) is 6.86. The van der Waals surface area contributed by atoms with Gasteiger partial charge in [-0.15, -0.1) is 0 Å². The number of anilines is 1. The Hall–Kier alpha value is -3.31. The molecule has 0 aliphatic heterocycles. The molecule has 5 heteroatoms. The lowest BCUT2D eigenvalue weighted by Crippen LogP contribution is -2.41. The smallest absolute Gasteiger partial charge is 0.337 e. The molecule has 3 aromatic rings. The maximum Gasteiger partial charge on any atom is 0.337 e. The van der Waals surface area contributed by atoms with Gasteiger partial charge in [0, 0.05) is 12.2 Å². The minimum atomic E-state index is -1.35. The van der Waals surface area contributed by atoms with Gasteiger partial charge in [0.05, 0.1) is 19.8 Å². The molecule has 3 aromatic carbocycles. The zero-order valence-electron chi connectivity index (χ0n) is 17.3. The summed E-state index contributed by atoms with van der Waals surface area (Å²) in [4.78, 5) is 14.5. The molecule has 0 saturated heterocycles. The molecule has 0 saturated carbocycles. The second-order valence-electron chi connectivity index (χ2n) is 6.86. The first-order valence-electron chi connectivity index (χ1n) is 9.98. The monoisotopic (exact) mass is 405 g/mol. The van der Waals surface area contributed by atoms with Crippen LogP contribution in [0.25, 0.3) is 0 Å². The van der Waals surface area contributed by atoms with E-state index in [2.05, 4.69) is 0 Å². The van der Waals surface area contributed by atoms with Crippen molar-refractivity contribution in [2.45, 2.75) is 25.6 Å². The van der Waals surface area contributed by atoms with Crippen molar-refractivity contribution >= 4 is 11.7 Å².